The van der Waals surface area contributed by atoms with Crippen LogP contribution in [0.3, 0.4) is 0 Å². The van der Waals surface area contributed by atoms with Gasteiger partial charge in [0, 0.05) is 13.1 Å². The Labute approximate surface area is 77.3 Å². The van der Waals surface area contributed by atoms with E-state index in [9.17, 15) is 4.79 Å². The van der Waals surface area contributed by atoms with E-state index < -0.39 is 0 Å². The zero-order chi connectivity index (χ0) is 10.0. The molecular weight excluding hydrogens is 168 g/mol. The van der Waals surface area contributed by atoms with Gasteiger partial charge in [0.2, 0.25) is 5.91 Å². The number of anilines is 1. The van der Waals surface area contributed by atoms with Crippen molar-refractivity contribution in [1.29, 1.82) is 0 Å². The Morgan fingerprint density at radius 2 is 2.23 bits per heavy atom. The van der Waals surface area contributed by atoms with Crippen LogP contribution >= 0.6 is 0 Å². The smallest absolute Gasteiger partial charge is 0.239 e. The van der Waals surface area contributed by atoms with Gasteiger partial charge in [0.1, 0.15) is 11.8 Å². The molecule has 0 spiro atoms. The van der Waals surface area contributed by atoms with Crippen LogP contribution in [-0.2, 0) is 4.79 Å². The van der Waals surface area contributed by atoms with Gasteiger partial charge in [-0.3, -0.25) is 4.79 Å². The van der Waals surface area contributed by atoms with Crippen LogP contribution in [0.2, 0.25) is 0 Å². The van der Waals surface area contributed by atoms with Crippen molar-refractivity contribution in [3.63, 3.8) is 0 Å². The highest BCUT2D eigenvalue weighted by molar-refractivity contribution is 5.82. The van der Waals surface area contributed by atoms with Crippen molar-refractivity contribution in [1.82, 2.24) is 0 Å². The number of amides is 1. The molecule has 0 saturated heterocycles. The fraction of sp³-hybridized carbons (Fsp3) is 0.444. The number of hydrogen-bond donors (Lipinski definition) is 1. The minimum atomic E-state index is -0.364. The molecule has 0 aliphatic rings. The van der Waals surface area contributed by atoms with Crippen LogP contribution in [0.1, 0.15) is 12.7 Å². The summed E-state index contributed by atoms with van der Waals surface area (Å²) in [5, 5.41) is 0. The lowest BCUT2D eigenvalue weighted by atomic mass is 10.3. The largest absolute Gasteiger partial charge is 0.446 e. The normalized spacial score (nSPS) is 12.5. The molecule has 1 atom stereocenters. The van der Waals surface area contributed by atoms with Gasteiger partial charge < -0.3 is 15.1 Å². The van der Waals surface area contributed by atoms with Crippen LogP contribution in [0.5, 0.6) is 0 Å². The van der Waals surface area contributed by atoms with Gasteiger partial charge >= 0.3 is 0 Å². The van der Waals surface area contributed by atoms with Crippen LogP contribution < -0.4 is 10.6 Å². The van der Waals surface area contributed by atoms with Crippen molar-refractivity contribution < 1.29 is 9.21 Å². The molecule has 2 N–H and O–H groups in total. The number of hydrogen-bond acceptors (Lipinski definition) is 3. The molecule has 0 bridgehead atoms. The molecule has 0 saturated carbocycles. The van der Waals surface area contributed by atoms with Gasteiger partial charge in [-0.05, 0) is 19.9 Å². The summed E-state index contributed by atoms with van der Waals surface area (Å²) in [7, 11) is 1.77. The Bertz CT molecular complexity index is 306. The third-order valence-corrected chi connectivity index (χ3v) is 2.07. The van der Waals surface area contributed by atoms with E-state index in [1.165, 1.54) is 0 Å². The summed E-state index contributed by atoms with van der Waals surface area (Å²) in [5.74, 6) is 1.11. The maximum absolute atomic E-state index is 10.9. The average molecular weight is 182 g/mol. The lowest BCUT2D eigenvalue weighted by molar-refractivity contribution is -0.118. The number of primary amides is 1. The van der Waals surface area contributed by atoms with E-state index >= 15 is 0 Å². The van der Waals surface area contributed by atoms with E-state index in [1.54, 1.807) is 18.9 Å². The first-order valence-electron chi connectivity index (χ1n) is 4.11. The summed E-state index contributed by atoms with van der Waals surface area (Å²) in [6.07, 6.45) is 0. The third kappa shape index (κ3) is 2.02. The van der Waals surface area contributed by atoms with E-state index in [2.05, 4.69) is 0 Å². The van der Waals surface area contributed by atoms with Crippen molar-refractivity contribution in [2.24, 2.45) is 5.73 Å². The minimum absolute atomic E-state index is 0.356. The fourth-order valence-electron chi connectivity index (χ4n) is 0.993. The van der Waals surface area contributed by atoms with Crippen molar-refractivity contribution in [3.8, 4) is 0 Å². The van der Waals surface area contributed by atoms with Crippen molar-refractivity contribution in [2.75, 3.05) is 11.9 Å². The summed E-state index contributed by atoms with van der Waals surface area (Å²) in [5.41, 5.74) is 5.16. The zero-order valence-electron chi connectivity index (χ0n) is 8.07. The lowest BCUT2D eigenvalue weighted by Gasteiger charge is -2.21. The quantitative estimate of drug-likeness (QED) is 0.755. The number of carbonyl (C=O) groups is 1. The van der Waals surface area contributed by atoms with Gasteiger partial charge in [0.15, 0.2) is 5.88 Å². The predicted molar refractivity (Wildman–Crippen MR) is 50.5 cm³/mol. The molecule has 72 valence electrons. The van der Waals surface area contributed by atoms with Gasteiger partial charge in [0.25, 0.3) is 0 Å². The van der Waals surface area contributed by atoms with E-state index in [0.717, 1.165) is 5.76 Å². The minimum Gasteiger partial charge on any atom is -0.446 e. The molecule has 0 radical (unpaired) electrons. The van der Waals surface area contributed by atoms with Gasteiger partial charge in [0.05, 0.1) is 0 Å². The van der Waals surface area contributed by atoms with E-state index in [4.69, 9.17) is 10.2 Å². The second-order valence-electron chi connectivity index (χ2n) is 3.07. The second kappa shape index (κ2) is 3.51. The maximum Gasteiger partial charge on any atom is 0.239 e. The Kier molecular flexibility index (Phi) is 2.60. The highest BCUT2D eigenvalue weighted by atomic mass is 16.4. The maximum atomic E-state index is 10.9. The summed E-state index contributed by atoms with van der Waals surface area (Å²) in [4.78, 5) is 12.6. The summed E-state index contributed by atoms with van der Waals surface area (Å²) >= 11 is 0. The molecule has 4 heteroatoms. The average Bonchev–Trinajstić information content (AvgIpc) is 2.49. The van der Waals surface area contributed by atoms with E-state index in [1.807, 2.05) is 19.1 Å². The Morgan fingerprint density at radius 1 is 1.62 bits per heavy atom. The van der Waals surface area contributed by atoms with Gasteiger partial charge in [-0.1, -0.05) is 0 Å². The summed E-state index contributed by atoms with van der Waals surface area (Å²) in [6, 6.07) is 3.31. The van der Waals surface area contributed by atoms with Crippen LogP contribution in [0.15, 0.2) is 16.5 Å². The topological polar surface area (TPSA) is 59.5 Å². The molecule has 1 aromatic heterocycles. The van der Waals surface area contributed by atoms with Gasteiger partial charge in [-0.25, -0.2) is 0 Å². The highest BCUT2D eigenvalue weighted by Gasteiger charge is 2.17. The van der Waals surface area contributed by atoms with Gasteiger partial charge in [-0.2, -0.15) is 0 Å². The Hall–Kier alpha value is -1.45. The van der Waals surface area contributed by atoms with E-state index in [0.29, 0.717) is 5.88 Å². The number of likely N-dealkylation sites (N-methyl/N-ethyl adjacent to an activating group) is 1. The Morgan fingerprint density at radius 3 is 2.62 bits per heavy atom. The first-order valence-corrected chi connectivity index (χ1v) is 4.11. The molecule has 0 aromatic carbocycles. The number of aryl methyl sites for hydroxylation is 1. The van der Waals surface area contributed by atoms with Crippen LogP contribution in [0.25, 0.3) is 0 Å². The number of carbonyl (C=O) groups excluding carboxylic acids is 1. The molecule has 4 nitrogen and oxygen atoms in total. The SMILES string of the molecule is Cc1ccc(N(C)C(C)C(N)=O)o1. The molecule has 1 rings (SSSR count). The molecular formula is C9H14N2O2. The van der Waals surface area contributed by atoms with Crippen molar-refractivity contribution in [2.45, 2.75) is 19.9 Å². The van der Waals surface area contributed by atoms with Crippen LogP contribution in [0, 0.1) is 6.92 Å². The van der Waals surface area contributed by atoms with E-state index in [-0.39, 0.29) is 11.9 Å². The molecule has 1 unspecified atom stereocenters. The van der Waals surface area contributed by atoms with Crippen LogP contribution in [-0.4, -0.2) is 19.0 Å². The number of nitrogens with two attached hydrogens (primary N) is 1. The Balaban J connectivity index is 2.78. The van der Waals surface area contributed by atoms with Gasteiger partial charge in [-0.15, -0.1) is 0 Å². The highest BCUT2D eigenvalue weighted by Crippen LogP contribution is 2.18. The number of furan rings is 1. The summed E-state index contributed by atoms with van der Waals surface area (Å²) < 4.78 is 5.33. The zero-order valence-corrected chi connectivity index (χ0v) is 8.07. The standard InChI is InChI=1S/C9H14N2O2/c1-6-4-5-8(13-6)11(3)7(2)9(10)12/h4-5,7H,1-3H3,(H2,10,12). The second-order valence-corrected chi connectivity index (χ2v) is 3.07. The predicted octanol–water partition coefficient (Wildman–Crippen LogP) is 0.898. The number of nitrogens with zero attached hydrogens (tertiary/aromatic N) is 1. The molecule has 1 aromatic rings. The summed E-state index contributed by atoms with van der Waals surface area (Å²) in [6.45, 7) is 3.59. The molecule has 0 aliphatic carbocycles. The molecule has 0 fully saturated rings. The fourth-order valence-corrected chi connectivity index (χ4v) is 0.993. The monoisotopic (exact) mass is 182 g/mol. The molecule has 1 amide bonds. The number of rotatable bonds is 3. The van der Waals surface area contributed by atoms with Crippen molar-refractivity contribution in [3.05, 3.63) is 17.9 Å². The first-order chi connectivity index (χ1) is 6.02. The lowest BCUT2D eigenvalue weighted by Crippen LogP contribution is -2.40. The third-order valence-electron chi connectivity index (χ3n) is 2.07. The van der Waals surface area contributed by atoms with Crippen molar-refractivity contribution >= 4 is 11.8 Å². The molecule has 1 heterocycles. The molecule has 13 heavy (non-hydrogen) atoms. The first kappa shape index (κ1) is 9.64. The van der Waals surface area contributed by atoms with Crippen LogP contribution in [0.4, 0.5) is 5.88 Å². The molecule has 0 aliphatic heterocycles.